The Morgan fingerprint density at radius 1 is 1.43 bits per heavy atom. The molecule has 9 heteroatoms. The highest BCUT2D eigenvalue weighted by Crippen LogP contribution is 2.48. The summed E-state index contributed by atoms with van der Waals surface area (Å²) in [5.41, 5.74) is 10.6. The number of likely N-dealkylation sites (tertiary alicyclic amines) is 1. The minimum Gasteiger partial charge on any atom is -0.481 e. The molecule has 1 aliphatic heterocycles. The Balaban J connectivity index is 2.07. The molecule has 0 aromatic rings. The third kappa shape index (κ3) is 3.35. The standard InChI is InChI=1S/C12H20BN3O5/c14-5-21-13-9(6-4-7(6)12(19)20)11(18)16-3-1-2-8(16)10(15)17/h6-9,13H,1-5,14H2,(H2,15,17)(H,19,20). The van der Waals surface area contributed by atoms with Crippen LogP contribution in [-0.2, 0) is 19.0 Å². The van der Waals surface area contributed by atoms with E-state index >= 15 is 0 Å². The van der Waals surface area contributed by atoms with Crippen LogP contribution in [0.4, 0.5) is 0 Å². The van der Waals surface area contributed by atoms with Gasteiger partial charge in [-0.25, -0.2) is 0 Å². The van der Waals surface area contributed by atoms with Crippen molar-refractivity contribution in [2.45, 2.75) is 31.1 Å². The number of carboxylic acids is 1. The lowest BCUT2D eigenvalue weighted by Crippen LogP contribution is -2.46. The summed E-state index contributed by atoms with van der Waals surface area (Å²) >= 11 is 0. The maximum atomic E-state index is 12.6. The molecule has 2 amide bonds. The number of aliphatic carboxylic acids is 1. The highest BCUT2D eigenvalue weighted by molar-refractivity contribution is 6.38. The molecule has 2 fully saturated rings. The van der Waals surface area contributed by atoms with Gasteiger partial charge in [0.1, 0.15) is 6.04 Å². The Kier molecular flexibility index (Phi) is 4.84. The van der Waals surface area contributed by atoms with E-state index in [4.69, 9.17) is 21.2 Å². The van der Waals surface area contributed by atoms with Crippen LogP contribution >= 0.6 is 0 Å². The van der Waals surface area contributed by atoms with E-state index in [0.29, 0.717) is 19.4 Å². The topological polar surface area (TPSA) is 136 Å². The van der Waals surface area contributed by atoms with Gasteiger partial charge in [0, 0.05) is 12.4 Å². The van der Waals surface area contributed by atoms with Crippen molar-refractivity contribution in [3.05, 3.63) is 0 Å². The predicted octanol–water partition coefficient (Wildman–Crippen LogP) is -1.74. The predicted molar refractivity (Wildman–Crippen MR) is 74.2 cm³/mol. The summed E-state index contributed by atoms with van der Waals surface area (Å²) in [6.45, 7) is 0.434. The molecule has 2 rings (SSSR count). The first-order valence-electron chi connectivity index (χ1n) is 7.07. The lowest BCUT2D eigenvalue weighted by atomic mass is 9.74. The fraction of sp³-hybridized carbons (Fsp3) is 0.750. The first-order valence-corrected chi connectivity index (χ1v) is 7.07. The zero-order chi connectivity index (χ0) is 15.6. The third-order valence-electron chi connectivity index (χ3n) is 4.27. The maximum Gasteiger partial charge on any atom is 0.306 e. The van der Waals surface area contributed by atoms with Crippen molar-refractivity contribution in [2.75, 3.05) is 13.3 Å². The van der Waals surface area contributed by atoms with Gasteiger partial charge in [0.2, 0.25) is 11.8 Å². The van der Waals surface area contributed by atoms with E-state index in [2.05, 4.69) is 0 Å². The quantitative estimate of drug-likeness (QED) is 0.377. The average molecular weight is 297 g/mol. The van der Waals surface area contributed by atoms with E-state index in [9.17, 15) is 14.4 Å². The SMILES string of the molecule is NCOBC(C(=O)N1CCCC1C(N)=O)C1CC1C(=O)O. The molecule has 1 saturated heterocycles. The molecular formula is C12H20BN3O5. The van der Waals surface area contributed by atoms with Gasteiger partial charge in [0.15, 0.2) is 0 Å². The zero-order valence-electron chi connectivity index (χ0n) is 11.7. The fourth-order valence-electron chi connectivity index (χ4n) is 3.06. The van der Waals surface area contributed by atoms with Gasteiger partial charge in [-0.1, -0.05) is 0 Å². The summed E-state index contributed by atoms with van der Waals surface area (Å²) in [5, 5.41) is 9.02. The van der Waals surface area contributed by atoms with Crippen LogP contribution in [0.25, 0.3) is 0 Å². The number of carboxylic acid groups (broad SMARTS) is 1. The molecule has 1 saturated carbocycles. The summed E-state index contributed by atoms with van der Waals surface area (Å²) in [6.07, 6.45) is 1.73. The molecule has 2 aliphatic rings. The van der Waals surface area contributed by atoms with Gasteiger partial charge in [-0.05, 0) is 25.2 Å². The molecule has 0 aromatic carbocycles. The van der Waals surface area contributed by atoms with Crippen molar-refractivity contribution < 1.29 is 24.1 Å². The lowest BCUT2D eigenvalue weighted by Gasteiger charge is -2.26. The van der Waals surface area contributed by atoms with Crippen molar-refractivity contribution >= 4 is 25.3 Å². The summed E-state index contributed by atoms with van der Waals surface area (Å²) in [4.78, 5) is 36.5. The monoisotopic (exact) mass is 297 g/mol. The van der Waals surface area contributed by atoms with E-state index in [0.717, 1.165) is 6.42 Å². The Labute approximate surface area is 123 Å². The smallest absolute Gasteiger partial charge is 0.306 e. The van der Waals surface area contributed by atoms with Gasteiger partial charge < -0.3 is 26.1 Å². The second kappa shape index (κ2) is 6.44. The van der Waals surface area contributed by atoms with Gasteiger partial charge in [0.05, 0.1) is 12.6 Å². The van der Waals surface area contributed by atoms with Crippen LogP contribution in [0, 0.1) is 11.8 Å². The van der Waals surface area contributed by atoms with Crippen molar-refractivity contribution in [3.8, 4) is 0 Å². The average Bonchev–Trinajstić information content (AvgIpc) is 3.06. The van der Waals surface area contributed by atoms with Crippen LogP contribution in [0.2, 0.25) is 5.82 Å². The molecule has 4 atom stereocenters. The number of carbonyl (C=O) groups excluding carboxylic acids is 2. The normalized spacial score (nSPS) is 29.0. The Morgan fingerprint density at radius 3 is 2.67 bits per heavy atom. The van der Waals surface area contributed by atoms with Crippen molar-refractivity contribution in [3.63, 3.8) is 0 Å². The van der Waals surface area contributed by atoms with Crippen molar-refractivity contribution in [2.24, 2.45) is 23.3 Å². The number of nitrogens with two attached hydrogens (primary N) is 2. The number of rotatable bonds is 7. The second-order valence-corrected chi connectivity index (χ2v) is 5.58. The summed E-state index contributed by atoms with van der Waals surface area (Å²) in [6, 6.07) is -0.597. The highest BCUT2D eigenvalue weighted by Gasteiger charge is 2.52. The molecule has 0 bridgehead atoms. The maximum absolute atomic E-state index is 12.6. The minimum atomic E-state index is -0.904. The van der Waals surface area contributed by atoms with Crippen LogP contribution in [0.5, 0.6) is 0 Å². The molecule has 0 spiro atoms. The first-order chi connectivity index (χ1) is 9.97. The first kappa shape index (κ1) is 15.8. The third-order valence-corrected chi connectivity index (χ3v) is 4.27. The largest absolute Gasteiger partial charge is 0.481 e. The highest BCUT2D eigenvalue weighted by atomic mass is 16.4. The van der Waals surface area contributed by atoms with Crippen LogP contribution in [-0.4, -0.2) is 54.6 Å². The van der Waals surface area contributed by atoms with Gasteiger partial charge >= 0.3 is 5.97 Å². The number of amides is 2. The molecule has 4 unspecified atom stereocenters. The Bertz CT molecular complexity index is 447. The zero-order valence-corrected chi connectivity index (χ0v) is 11.7. The van der Waals surface area contributed by atoms with Gasteiger partial charge in [-0.2, -0.15) is 0 Å². The Morgan fingerprint density at radius 2 is 2.14 bits per heavy atom. The molecule has 0 radical (unpaired) electrons. The number of nitrogens with zero attached hydrogens (tertiary/aromatic N) is 1. The summed E-state index contributed by atoms with van der Waals surface area (Å²) in [7, 11) is 0.0752. The van der Waals surface area contributed by atoms with Crippen LogP contribution < -0.4 is 11.5 Å². The van der Waals surface area contributed by atoms with Gasteiger partial charge in [0.25, 0.3) is 7.48 Å². The van der Waals surface area contributed by atoms with E-state index in [1.807, 2.05) is 0 Å². The molecule has 1 aliphatic carbocycles. The van der Waals surface area contributed by atoms with Gasteiger partial charge in [-0.3, -0.25) is 14.4 Å². The molecule has 8 nitrogen and oxygen atoms in total. The second-order valence-electron chi connectivity index (χ2n) is 5.58. The van der Waals surface area contributed by atoms with Crippen molar-refractivity contribution in [1.82, 2.24) is 4.90 Å². The lowest BCUT2D eigenvalue weighted by molar-refractivity contribution is -0.140. The molecule has 1 heterocycles. The molecule has 5 N–H and O–H groups in total. The molecule has 21 heavy (non-hydrogen) atoms. The fourth-order valence-corrected chi connectivity index (χ4v) is 3.06. The number of hydrogen-bond acceptors (Lipinski definition) is 5. The van der Waals surface area contributed by atoms with Crippen molar-refractivity contribution in [1.29, 1.82) is 0 Å². The molecular weight excluding hydrogens is 277 g/mol. The number of primary amides is 1. The Hall–Kier alpha value is -1.61. The van der Waals surface area contributed by atoms with E-state index in [1.165, 1.54) is 4.90 Å². The van der Waals surface area contributed by atoms with Crippen LogP contribution in [0.15, 0.2) is 0 Å². The van der Waals surface area contributed by atoms with E-state index < -0.39 is 29.7 Å². The minimum absolute atomic E-state index is 0.0342. The van der Waals surface area contributed by atoms with Crippen LogP contribution in [0.1, 0.15) is 19.3 Å². The van der Waals surface area contributed by atoms with E-state index in [-0.39, 0.29) is 26.0 Å². The molecule has 0 aromatic heterocycles. The summed E-state index contributed by atoms with van der Waals surface area (Å²) in [5.74, 6) is -3.03. The van der Waals surface area contributed by atoms with Crippen LogP contribution in [0.3, 0.4) is 0 Å². The summed E-state index contributed by atoms with van der Waals surface area (Å²) < 4.78 is 5.12. The van der Waals surface area contributed by atoms with E-state index in [1.54, 1.807) is 0 Å². The number of carbonyl (C=O) groups is 3. The van der Waals surface area contributed by atoms with Gasteiger partial charge in [-0.15, -0.1) is 0 Å². The molecule has 116 valence electrons. The number of hydrogen-bond donors (Lipinski definition) is 3.